The molecule has 0 spiro atoms. The van der Waals surface area contributed by atoms with Crippen LogP contribution in [0.4, 0.5) is 5.69 Å². The Morgan fingerprint density at radius 3 is 2.41 bits per heavy atom. The van der Waals surface area contributed by atoms with Crippen molar-refractivity contribution in [1.29, 1.82) is 0 Å². The number of nitrogens with zero attached hydrogens (tertiary/aromatic N) is 5. The Morgan fingerprint density at radius 2 is 1.79 bits per heavy atom. The molecule has 1 N–H and O–H groups in total. The highest BCUT2D eigenvalue weighted by Gasteiger charge is 2.21. The zero-order valence-electron chi connectivity index (χ0n) is 20.3. The summed E-state index contributed by atoms with van der Waals surface area (Å²) >= 11 is 1.29. The molecule has 180 valence electrons. The molecule has 2 aromatic carbocycles. The molecule has 0 aliphatic rings. The fraction of sp³-hybridized carbons (Fsp3) is 0.400. The standard InChI is InChI=1S/C25H31N5O3S/c1-6-8-11-29(20-9-10-21(24(32)33)19(7-2)14-20)22(31)15-34-25-26-27-28-30(25)23-17(4)12-16(3)13-18(23)5/h9-10,12-14H,6-8,11,15H2,1-5H3,(H,32,33). The van der Waals surface area contributed by atoms with Gasteiger partial charge in [0.05, 0.1) is 17.0 Å². The third-order valence-corrected chi connectivity index (χ3v) is 6.57. The quantitative estimate of drug-likeness (QED) is 0.416. The third kappa shape index (κ3) is 5.64. The lowest BCUT2D eigenvalue weighted by atomic mass is 10.0. The fourth-order valence-electron chi connectivity index (χ4n) is 4.08. The molecule has 0 unspecified atom stereocenters. The lowest BCUT2D eigenvalue weighted by molar-refractivity contribution is -0.116. The Bertz CT molecular complexity index is 1170. The number of carbonyl (C=O) groups excluding carboxylic acids is 1. The van der Waals surface area contributed by atoms with E-state index in [2.05, 4.69) is 41.5 Å². The molecule has 1 amide bonds. The van der Waals surface area contributed by atoms with Crippen molar-refractivity contribution in [3.8, 4) is 5.69 Å². The highest BCUT2D eigenvalue weighted by Crippen LogP contribution is 2.26. The number of aromatic nitrogens is 4. The van der Waals surface area contributed by atoms with Gasteiger partial charge in [0.1, 0.15) is 0 Å². The first kappa shape index (κ1) is 25.4. The first-order valence-corrected chi connectivity index (χ1v) is 12.4. The molecule has 0 saturated carbocycles. The van der Waals surface area contributed by atoms with Crippen LogP contribution in [0.3, 0.4) is 0 Å². The van der Waals surface area contributed by atoms with Crippen molar-refractivity contribution in [1.82, 2.24) is 20.2 Å². The lowest BCUT2D eigenvalue weighted by Crippen LogP contribution is -2.33. The van der Waals surface area contributed by atoms with E-state index < -0.39 is 5.97 Å². The molecule has 0 aliphatic carbocycles. The number of anilines is 1. The molecule has 34 heavy (non-hydrogen) atoms. The van der Waals surface area contributed by atoms with E-state index in [4.69, 9.17) is 0 Å². The Morgan fingerprint density at radius 1 is 1.09 bits per heavy atom. The molecule has 0 bridgehead atoms. The number of hydrogen-bond acceptors (Lipinski definition) is 6. The summed E-state index contributed by atoms with van der Waals surface area (Å²) in [4.78, 5) is 26.5. The molecule has 0 saturated heterocycles. The Labute approximate surface area is 204 Å². The first-order chi connectivity index (χ1) is 16.3. The summed E-state index contributed by atoms with van der Waals surface area (Å²) in [5.74, 6) is -0.870. The largest absolute Gasteiger partial charge is 0.478 e. The van der Waals surface area contributed by atoms with Crippen LogP contribution in [0.5, 0.6) is 0 Å². The lowest BCUT2D eigenvalue weighted by Gasteiger charge is -2.23. The number of benzene rings is 2. The van der Waals surface area contributed by atoms with E-state index in [1.807, 2.05) is 26.8 Å². The van der Waals surface area contributed by atoms with Crippen LogP contribution in [-0.4, -0.2) is 49.5 Å². The average Bonchev–Trinajstić information content (AvgIpc) is 3.25. The van der Waals surface area contributed by atoms with Gasteiger partial charge in [-0.15, -0.1) is 5.10 Å². The second-order valence-electron chi connectivity index (χ2n) is 8.31. The summed E-state index contributed by atoms with van der Waals surface area (Å²) < 4.78 is 1.69. The van der Waals surface area contributed by atoms with E-state index >= 15 is 0 Å². The number of hydrogen-bond donors (Lipinski definition) is 1. The Kier molecular flexibility index (Phi) is 8.44. The van der Waals surface area contributed by atoms with Crippen molar-refractivity contribution in [3.63, 3.8) is 0 Å². The van der Waals surface area contributed by atoms with Crippen LogP contribution in [-0.2, 0) is 11.2 Å². The van der Waals surface area contributed by atoms with Gasteiger partial charge >= 0.3 is 5.97 Å². The van der Waals surface area contributed by atoms with Gasteiger partial charge in [-0.1, -0.05) is 49.7 Å². The van der Waals surface area contributed by atoms with Crippen molar-refractivity contribution in [2.24, 2.45) is 0 Å². The summed E-state index contributed by atoms with van der Waals surface area (Å²) in [7, 11) is 0. The van der Waals surface area contributed by atoms with Gasteiger partial charge in [-0.25, -0.2) is 4.79 Å². The molecular weight excluding hydrogens is 450 g/mol. The molecular formula is C25H31N5O3S. The first-order valence-electron chi connectivity index (χ1n) is 11.4. The average molecular weight is 482 g/mol. The van der Waals surface area contributed by atoms with E-state index in [0.29, 0.717) is 29.4 Å². The van der Waals surface area contributed by atoms with Crippen LogP contribution in [0.25, 0.3) is 5.69 Å². The summed E-state index contributed by atoms with van der Waals surface area (Å²) in [6.07, 6.45) is 2.36. The SMILES string of the molecule is CCCCN(C(=O)CSc1nnnn1-c1c(C)cc(C)cc1C)c1ccc(C(=O)O)c(CC)c1. The molecule has 1 heterocycles. The van der Waals surface area contributed by atoms with Gasteiger partial charge in [0.2, 0.25) is 11.1 Å². The van der Waals surface area contributed by atoms with Crippen LogP contribution in [0.1, 0.15) is 59.3 Å². The second-order valence-corrected chi connectivity index (χ2v) is 9.25. The normalized spacial score (nSPS) is 11.0. The van der Waals surface area contributed by atoms with E-state index in [0.717, 1.165) is 29.7 Å². The van der Waals surface area contributed by atoms with Gasteiger partial charge in [-0.2, -0.15) is 4.68 Å². The number of carboxylic acids is 1. The second kappa shape index (κ2) is 11.3. The predicted octanol–water partition coefficient (Wildman–Crippen LogP) is 4.77. The topological polar surface area (TPSA) is 101 Å². The number of thioether (sulfide) groups is 1. The highest BCUT2D eigenvalue weighted by atomic mass is 32.2. The van der Waals surface area contributed by atoms with E-state index in [1.165, 1.54) is 17.3 Å². The van der Waals surface area contributed by atoms with Crippen LogP contribution >= 0.6 is 11.8 Å². The minimum Gasteiger partial charge on any atom is -0.478 e. The number of rotatable bonds is 10. The molecule has 9 heteroatoms. The minimum absolute atomic E-state index is 0.0736. The van der Waals surface area contributed by atoms with Gasteiger partial charge in [0, 0.05) is 12.2 Å². The smallest absolute Gasteiger partial charge is 0.335 e. The van der Waals surface area contributed by atoms with Crippen molar-refractivity contribution < 1.29 is 14.7 Å². The van der Waals surface area contributed by atoms with Crippen molar-refractivity contribution >= 4 is 29.3 Å². The van der Waals surface area contributed by atoms with Crippen LogP contribution in [0.2, 0.25) is 0 Å². The van der Waals surface area contributed by atoms with Gasteiger partial charge < -0.3 is 10.0 Å². The van der Waals surface area contributed by atoms with Gasteiger partial charge in [-0.05, 0) is 78.9 Å². The number of unbranched alkanes of at least 4 members (excludes halogenated alkanes) is 1. The molecule has 8 nitrogen and oxygen atoms in total. The zero-order chi connectivity index (χ0) is 24.8. The number of carbonyl (C=O) groups is 2. The number of aromatic carboxylic acids is 1. The van der Waals surface area contributed by atoms with E-state index in [-0.39, 0.29) is 17.2 Å². The predicted molar refractivity (Wildman–Crippen MR) is 134 cm³/mol. The third-order valence-electron chi connectivity index (χ3n) is 5.66. The highest BCUT2D eigenvalue weighted by molar-refractivity contribution is 7.99. The van der Waals surface area contributed by atoms with Gasteiger partial charge in [0.15, 0.2) is 0 Å². The van der Waals surface area contributed by atoms with E-state index in [1.54, 1.807) is 21.7 Å². The maximum atomic E-state index is 13.3. The van der Waals surface area contributed by atoms with Crippen LogP contribution < -0.4 is 4.90 Å². The maximum Gasteiger partial charge on any atom is 0.335 e. The summed E-state index contributed by atoms with van der Waals surface area (Å²) in [6, 6.07) is 9.28. The van der Waals surface area contributed by atoms with Crippen LogP contribution in [0, 0.1) is 20.8 Å². The molecule has 1 aromatic heterocycles. The summed E-state index contributed by atoms with van der Waals surface area (Å²) in [5.41, 5.74) is 5.91. The Balaban J connectivity index is 1.84. The molecule has 0 radical (unpaired) electrons. The zero-order valence-corrected chi connectivity index (χ0v) is 21.1. The number of amides is 1. The molecule has 0 fully saturated rings. The molecule has 0 atom stereocenters. The minimum atomic E-state index is -0.959. The molecule has 3 rings (SSSR count). The van der Waals surface area contributed by atoms with Gasteiger partial charge in [0.25, 0.3) is 0 Å². The summed E-state index contributed by atoms with van der Waals surface area (Å²) in [6.45, 7) is 10.6. The van der Waals surface area contributed by atoms with E-state index in [9.17, 15) is 14.7 Å². The van der Waals surface area contributed by atoms with Crippen molar-refractivity contribution in [3.05, 3.63) is 58.1 Å². The van der Waals surface area contributed by atoms with Gasteiger partial charge in [-0.3, -0.25) is 4.79 Å². The van der Waals surface area contributed by atoms with Crippen molar-refractivity contribution in [2.45, 2.75) is 59.0 Å². The fourth-order valence-corrected chi connectivity index (χ4v) is 4.84. The number of carboxylic acid groups (broad SMARTS) is 1. The van der Waals surface area contributed by atoms with Crippen LogP contribution in [0.15, 0.2) is 35.5 Å². The number of tetrazole rings is 1. The Hall–Kier alpha value is -3.20. The molecule has 3 aromatic rings. The molecule has 0 aliphatic heterocycles. The summed E-state index contributed by atoms with van der Waals surface area (Å²) in [5, 5.41) is 22.2. The monoisotopic (exact) mass is 481 g/mol. The maximum absolute atomic E-state index is 13.3. The van der Waals surface area contributed by atoms with Crippen molar-refractivity contribution in [2.75, 3.05) is 17.2 Å². The number of aryl methyl sites for hydroxylation is 4.